The van der Waals surface area contributed by atoms with Gasteiger partial charge >= 0.3 is 5.97 Å². The maximum atomic E-state index is 12.4. The molecule has 9 heteroatoms. The number of rotatable bonds is 9. The number of amides is 2. The third-order valence-corrected chi connectivity index (χ3v) is 5.09. The molecule has 1 heterocycles. The van der Waals surface area contributed by atoms with Gasteiger partial charge in [0, 0.05) is 6.54 Å². The van der Waals surface area contributed by atoms with Gasteiger partial charge in [-0.15, -0.1) is 0 Å². The Morgan fingerprint density at radius 1 is 1.18 bits per heavy atom. The van der Waals surface area contributed by atoms with Crippen LogP contribution in [0.5, 0.6) is 11.5 Å². The highest BCUT2D eigenvalue weighted by atomic mass is 79.9. The van der Waals surface area contributed by atoms with E-state index in [0.29, 0.717) is 46.0 Å². The molecule has 1 aliphatic rings. The fourth-order valence-electron chi connectivity index (χ4n) is 2.48. The minimum Gasteiger partial charge on any atom is -0.490 e. The first-order valence-electron chi connectivity index (χ1n) is 8.91. The monoisotopic (exact) mass is 471 g/mol. The Labute approximate surface area is 176 Å². The predicted octanol–water partition coefficient (Wildman–Crippen LogP) is 4.24. The van der Waals surface area contributed by atoms with Gasteiger partial charge in [0.05, 0.1) is 22.6 Å². The van der Waals surface area contributed by atoms with Crippen LogP contribution < -0.4 is 9.47 Å². The number of imide groups is 1. The molecule has 0 radical (unpaired) electrons. The van der Waals surface area contributed by atoms with E-state index in [0.717, 1.165) is 11.8 Å². The van der Waals surface area contributed by atoms with Crippen molar-refractivity contribution in [1.82, 2.24) is 4.90 Å². The normalized spacial score (nSPS) is 15.3. The summed E-state index contributed by atoms with van der Waals surface area (Å²) >= 11 is 4.33. The zero-order valence-corrected chi connectivity index (χ0v) is 18.4. The van der Waals surface area contributed by atoms with Crippen LogP contribution in [-0.2, 0) is 14.3 Å². The maximum absolute atomic E-state index is 12.4. The first-order valence-corrected chi connectivity index (χ1v) is 10.5. The van der Waals surface area contributed by atoms with Crippen LogP contribution in [0.15, 0.2) is 21.5 Å². The lowest BCUT2D eigenvalue weighted by Crippen LogP contribution is -2.28. The molecular formula is C19H22BrNO6S. The molecule has 0 saturated carbocycles. The van der Waals surface area contributed by atoms with E-state index in [2.05, 4.69) is 15.9 Å². The molecule has 0 atom stereocenters. The number of ether oxygens (including phenoxy) is 3. The van der Waals surface area contributed by atoms with Gasteiger partial charge in [-0.3, -0.25) is 14.5 Å². The van der Waals surface area contributed by atoms with Crippen LogP contribution in [0.2, 0.25) is 0 Å². The zero-order chi connectivity index (χ0) is 20.7. The van der Waals surface area contributed by atoms with E-state index in [9.17, 15) is 14.4 Å². The van der Waals surface area contributed by atoms with Crippen LogP contribution in [0.1, 0.15) is 32.8 Å². The number of nitrogens with zero attached hydrogens (tertiary/aromatic N) is 1. The largest absolute Gasteiger partial charge is 0.490 e. The molecule has 0 bridgehead atoms. The predicted molar refractivity (Wildman–Crippen MR) is 110 cm³/mol. The number of benzene rings is 1. The summed E-state index contributed by atoms with van der Waals surface area (Å²) in [6.07, 6.45) is 2.35. The average Bonchev–Trinajstić information content (AvgIpc) is 2.89. The summed E-state index contributed by atoms with van der Waals surface area (Å²) in [7, 11) is 0. The van der Waals surface area contributed by atoms with Crippen LogP contribution in [0.25, 0.3) is 6.08 Å². The first kappa shape index (κ1) is 22.3. The SMILES string of the molecule is CCCN1C(=O)S/C(=C/c2cc(Br)c(OCC(=O)OCC)c(OCC)c2)C1=O. The smallest absolute Gasteiger partial charge is 0.344 e. The Bertz CT molecular complexity index is 795. The Morgan fingerprint density at radius 2 is 1.93 bits per heavy atom. The summed E-state index contributed by atoms with van der Waals surface area (Å²) in [5.41, 5.74) is 0.667. The second kappa shape index (κ2) is 10.5. The molecule has 0 N–H and O–H groups in total. The Morgan fingerprint density at radius 3 is 2.57 bits per heavy atom. The van der Waals surface area contributed by atoms with Crippen LogP contribution in [0.3, 0.4) is 0 Å². The summed E-state index contributed by atoms with van der Waals surface area (Å²) in [5.74, 6) is 0.00504. The van der Waals surface area contributed by atoms with Gasteiger partial charge in [-0.2, -0.15) is 0 Å². The fourth-order valence-corrected chi connectivity index (χ4v) is 3.92. The number of esters is 1. The summed E-state index contributed by atoms with van der Waals surface area (Å²) in [4.78, 5) is 37.6. The minimum absolute atomic E-state index is 0.248. The molecule has 0 spiro atoms. The molecule has 1 saturated heterocycles. The van der Waals surface area contributed by atoms with Crippen molar-refractivity contribution in [3.05, 3.63) is 27.1 Å². The number of hydrogen-bond donors (Lipinski definition) is 0. The Balaban J connectivity index is 2.28. The van der Waals surface area contributed by atoms with Crippen molar-refractivity contribution in [3.63, 3.8) is 0 Å². The van der Waals surface area contributed by atoms with Crippen LogP contribution in [-0.4, -0.2) is 48.4 Å². The van der Waals surface area contributed by atoms with Crippen molar-refractivity contribution in [3.8, 4) is 11.5 Å². The summed E-state index contributed by atoms with van der Waals surface area (Å²) in [6.45, 7) is 6.26. The van der Waals surface area contributed by atoms with Gasteiger partial charge in [0.1, 0.15) is 0 Å². The lowest BCUT2D eigenvalue weighted by Gasteiger charge is -2.14. The molecule has 0 unspecified atom stereocenters. The van der Waals surface area contributed by atoms with Gasteiger partial charge < -0.3 is 14.2 Å². The van der Waals surface area contributed by atoms with Crippen LogP contribution in [0, 0.1) is 0 Å². The third-order valence-electron chi connectivity index (χ3n) is 3.59. The Hall–Kier alpha value is -2.00. The number of hydrogen-bond acceptors (Lipinski definition) is 7. The number of thioether (sulfide) groups is 1. The van der Waals surface area contributed by atoms with Gasteiger partial charge in [-0.25, -0.2) is 4.79 Å². The van der Waals surface area contributed by atoms with Crippen molar-refractivity contribution in [2.75, 3.05) is 26.4 Å². The molecule has 2 rings (SSSR count). The quantitative estimate of drug-likeness (QED) is 0.393. The Kier molecular flexibility index (Phi) is 8.37. The molecule has 7 nitrogen and oxygen atoms in total. The van der Waals surface area contributed by atoms with Gasteiger partial charge in [0.15, 0.2) is 18.1 Å². The summed E-state index contributed by atoms with van der Waals surface area (Å²) < 4.78 is 16.6. The van der Waals surface area contributed by atoms with E-state index in [1.807, 2.05) is 13.8 Å². The van der Waals surface area contributed by atoms with Crippen molar-refractivity contribution in [2.45, 2.75) is 27.2 Å². The van der Waals surface area contributed by atoms with E-state index in [1.165, 1.54) is 4.90 Å². The van der Waals surface area contributed by atoms with E-state index in [-0.39, 0.29) is 24.4 Å². The topological polar surface area (TPSA) is 82.1 Å². The van der Waals surface area contributed by atoms with Gasteiger partial charge in [0.2, 0.25) is 0 Å². The molecule has 1 aliphatic heterocycles. The summed E-state index contributed by atoms with van der Waals surface area (Å²) in [5, 5.41) is -0.267. The highest BCUT2D eigenvalue weighted by molar-refractivity contribution is 9.10. The van der Waals surface area contributed by atoms with Crippen molar-refractivity contribution >= 4 is 50.9 Å². The number of carbonyl (C=O) groups excluding carboxylic acids is 3. The molecule has 0 aromatic heterocycles. The lowest BCUT2D eigenvalue weighted by molar-refractivity contribution is -0.145. The van der Waals surface area contributed by atoms with Gasteiger partial charge in [-0.05, 0) is 71.7 Å². The van der Waals surface area contributed by atoms with E-state index in [4.69, 9.17) is 14.2 Å². The maximum Gasteiger partial charge on any atom is 0.344 e. The van der Waals surface area contributed by atoms with Crippen molar-refractivity contribution < 1.29 is 28.6 Å². The molecular weight excluding hydrogens is 450 g/mol. The molecule has 2 amide bonds. The zero-order valence-electron chi connectivity index (χ0n) is 16.0. The van der Waals surface area contributed by atoms with Gasteiger partial charge in [0.25, 0.3) is 11.1 Å². The molecule has 1 aromatic carbocycles. The minimum atomic E-state index is -0.481. The second-order valence-corrected chi connectivity index (χ2v) is 7.54. The first-order chi connectivity index (χ1) is 13.4. The van der Waals surface area contributed by atoms with Crippen LogP contribution in [0.4, 0.5) is 4.79 Å². The van der Waals surface area contributed by atoms with Gasteiger partial charge in [-0.1, -0.05) is 6.92 Å². The van der Waals surface area contributed by atoms with Crippen LogP contribution >= 0.6 is 27.7 Å². The van der Waals surface area contributed by atoms with Crippen molar-refractivity contribution in [1.29, 1.82) is 0 Å². The number of halogens is 1. The standard InChI is InChI=1S/C19H22BrNO6S/c1-4-7-21-18(23)15(28-19(21)24)10-12-8-13(20)17(14(9-12)25-5-2)27-11-16(22)26-6-3/h8-10H,4-7,11H2,1-3H3/b15-10+. The highest BCUT2D eigenvalue weighted by Gasteiger charge is 2.34. The second-order valence-electron chi connectivity index (χ2n) is 5.69. The molecule has 1 fully saturated rings. The van der Waals surface area contributed by atoms with E-state index in [1.54, 1.807) is 25.1 Å². The lowest BCUT2D eigenvalue weighted by atomic mass is 10.2. The van der Waals surface area contributed by atoms with E-state index < -0.39 is 5.97 Å². The van der Waals surface area contributed by atoms with Crippen molar-refractivity contribution in [2.24, 2.45) is 0 Å². The molecule has 28 heavy (non-hydrogen) atoms. The highest BCUT2D eigenvalue weighted by Crippen LogP contribution is 2.39. The van der Waals surface area contributed by atoms with E-state index >= 15 is 0 Å². The third kappa shape index (κ3) is 5.51. The summed E-state index contributed by atoms with van der Waals surface area (Å²) in [6, 6.07) is 3.43. The molecule has 0 aliphatic carbocycles. The average molecular weight is 472 g/mol. The molecule has 1 aromatic rings. The number of carbonyl (C=O) groups is 3. The fraction of sp³-hybridized carbons (Fsp3) is 0.421. The molecule has 152 valence electrons.